The van der Waals surface area contributed by atoms with E-state index < -0.39 is 0 Å². The lowest BCUT2D eigenvalue weighted by Crippen LogP contribution is -2.34. The largest absolute Gasteiger partial charge is 0.369 e. The van der Waals surface area contributed by atoms with Gasteiger partial charge >= 0.3 is 0 Å². The van der Waals surface area contributed by atoms with E-state index in [0.29, 0.717) is 12.0 Å². The summed E-state index contributed by atoms with van der Waals surface area (Å²) in [7, 11) is 4.38. The van der Waals surface area contributed by atoms with Crippen molar-refractivity contribution in [2.24, 2.45) is 5.92 Å². The Morgan fingerprint density at radius 1 is 1.33 bits per heavy atom. The van der Waals surface area contributed by atoms with Crippen LogP contribution in [0.4, 0.5) is 5.69 Å². The third-order valence-electron chi connectivity index (χ3n) is 4.36. The first-order chi connectivity index (χ1) is 10.0. The number of hydrogen-bond donors (Lipinski definition) is 1. The number of likely N-dealkylation sites (N-methyl/N-ethyl adjacent to an activating group) is 1. The first-order valence-electron chi connectivity index (χ1n) is 7.93. The number of anilines is 1. The molecule has 2 rings (SSSR count). The Hall–Kier alpha value is -0.580. The van der Waals surface area contributed by atoms with E-state index in [0.717, 1.165) is 30.7 Å². The van der Waals surface area contributed by atoms with Gasteiger partial charge in [-0.2, -0.15) is 0 Å². The molecule has 1 aromatic carbocycles. The van der Waals surface area contributed by atoms with E-state index in [2.05, 4.69) is 77.2 Å². The molecule has 1 saturated heterocycles. The van der Waals surface area contributed by atoms with Crippen molar-refractivity contribution in [1.29, 1.82) is 0 Å². The van der Waals surface area contributed by atoms with Gasteiger partial charge in [-0.25, -0.2) is 0 Å². The molecule has 0 radical (unpaired) electrons. The second kappa shape index (κ2) is 7.61. The van der Waals surface area contributed by atoms with Gasteiger partial charge in [-0.1, -0.05) is 29.8 Å². The Balaban J connectivity index is 2.15. The smallest absolute Gasteiger partial charge is 0.0413 e. The lowest BCUT2D eigenvalue weighted by Gasteiger charge is -2.24. The van der Waals surface area contributed by atoms with Crippen molar-refractivity contribution in [3.63, 3.8) is 0 Å². The SMILES string of the molecule is CCCNCc1cc(Br)ccc1N1CC(C)C(N(C)C)C1. The average molecular weight is 354 g/mol. The highest BCUT2D eigenvalue weighted by atomic mass is 79.9. The first kappa shape index (κ1) is 16.8. The Morgan fingerprint density at radius 2 is 2.10 bits per heavy atom. The fraction of sp³-hybridized carbons (Fsp3) is 0.647. The zero-order valence-electron chi connectivity index (χ0n) is 13.7. The molecule has 1 N–H and O–H groups in total. The molecule has 1 heterocycles. The summed E-state index contributed by atoms with van der Waals surface area (Å²) in [5, 5.41) is 3.53. The Labute approximate surface area is 137 Å². The predicted molar refractivity (Wildman–Crippen MR) is 95.0 cm³/mol. The molecule has 0 aliphatic carbocycles. The van der Waals surface area contributed by atoms with Crippen LogP contribution in [0.2, 0.25) is 0 Å². The molecule has 1 aromatic rings. The number of nitrogens with one attached hydrogen (secondary N) is 1. The molecule has 1 aliphatic heterocycles. The van der Waals surface area contributed by atoms with Gasteiger partial charge < -0.3 is 15.1 Å². The van der Waals surface area contributed by atoms with Crippen LogP contribution in [-0.2, 0) is 6.54 Å². The van der Waals surface area contributed by atoms with E-state index in [9.17, 15) is 0 Å². The highest BCUT2D eigenvalue weighted by molar-refractivity contribution is 9.10. The number of nitrogens with zero attached hydrogens (tertiary/aromatic N) is 2. The van der Waals surface area contributed by atoms with Crippen LogP contribution >= 0.6 is 15.9 Å². The van der Waals surface area contributed by atoms with Gasteiger partial charge in [0.25, 0.3) is 0 Å². The summed E-state index contributed by atoms with van der Waals surface area (Å²) in [5.41, 5.74) is 2.78. The molecular weight excluding hydrogens is 326 g/mol. The molecule has 2 unspecified atom stereocenters. The second-order valence-electron chi connectivity index (χ2n) is 6.36. The lowest BCUT2D eigenvalue weighted by atomic mass is 10.1. The Bertz CT molecular complexity index is 461. The molecular formula is C17H28BrN3. The maximum Gasteiger partial charge on any atom is 0.0413 e. The zero-order chi connectivity index (χ0) is 15.4. The Morgan fingerprint density at radius 3 is 2.71 bits per heavy atom. The molecule has 0 aromatic heterocycles. The van der Waals surface area contributed by atoms with E-state index in [1.165, 1.54) is 17.7 Å². The van der Waals surface area contributed by atoms with Gasteiger partial charge in [0.2, 0.25) is 0 Å². The van der Waals surface area contributed by atoms with Crippen LogP contribution in [0.5, 0.6) is 0 Å². The fourth-order valence-corrected chi connectivity index (χ4v) is 3.63. The fourth-order valence-electron chi connectivity index (χ4n) is 3.22. The summed E-state index contributed by atoms with van der Waals surface area (Å²) in [6, 6.07) is 7.32. The normalized spacial score (nSPS) is 22.3. The molecule has 118 valence electrons. The summed E-state index contributed by atoms with van der Waals surface area (Å²) in [6.07, 6.45) is 1.17. The van der Waals surface area contributed by atoms with E-state index >= 15 is 0 Å². The lowest BCUT2D eigenvalue weighted by molar-refractivity contribution is 0.266. The quantitative estimate of drug-likeness (QED) is 0.791. The summed E-state index contributed by atoms with van der Waals surface area (Å²) in [6.45, 7) is 8.85. The summed E-state index contributed by atoms with van der Waals surface area (Å²) in [4.78, 5) is 4.91. The van der Waals surface area contributed by atoms with E-state index in [4.69, 9.17) is 0 Å². The van der Waals surface area contributed by atoms with Gasteiger partial charge in [0.15, 0.2) is 0 Å². The van der Waals surface area contributed by atoms with Gasteiger partial charge in [0, 0.05) is 35.8 Å². The maximum absolute atomic E-state index is 3.61. The molecule has 0 amide bonds. The van der Waals surface area contributed by atoms with Crippen LogP contribution in [0.25, 0.3) is 0 Å². The summed E-state index contributed by atoms with van der Waals surface area (Å²) < 4.78 is 1.16. The van der Waals surface area contributed by atoms with Crippen LogP contribution in [-0.4, -0.2) is 44.7 Å². The second-order valence-corrected chi connectivity index (χ2v) is 7.28. The molecule has 0 spiro atoms. The van der Waals surface area contributed by atoms with Crippen molar-refractivity contribution in [2.45, 2.75) is 32.9 Å². The molecule has 4 heteroatoms. The summed E-state index contributed by atoms with van der Waals surface area (Å²) in [5.74, 6) is 0.708. The van der Waals surface area contributed by atoms with Crippen LogP contribution in [0, 0.1) is 5.92 Å². The van der Waals surface area contributed by atoms with Crippen molar-refractivity contribution >= 4 is 21.6 Å². The standard InChI is InChI=1S/C17H28BrN3/c1-5-8-19-10-14-9-15(18)6-7-16(14)21-11-13(2)17(12-21)20(3)4/h6-7,9,13,17,19H,5,8,10-12H2,1-4H3. The molecule has 1 aliphatic rings. The number of rotatable bonds is 6. The van der Waals surface area contributed by atoms with E-state index in [1.807, 2.05) is 0 Å². The minimum Gasteiger partial charge on any atom is -0.369 e. The first-order valence-corrected chi connectivity index (χ1v) is 8.72. The minimum atomic E-state index is 0.644. The van der Waals surface area contributed by atoms with Gasteiger partial charge in [0.05, 0.1) is 0 Å². The van der Waals surface area contributed by atoms with Crippen molar-refractivity contribution in [3.05, 3.63) is 28.2 Å². The monoisotopic (exact) mass is 353 g/mol. The highest BCUT2D eigenvalue weighted by Gasteiger charge is 2.31. The van der Waals surface area contributed by atoms with Crippen molar-refractivity contribution in [3.8, 4) is 0 Å². The van der Waals surface area contributed by atoms with Gasteiger partial charge in [-0.15, -0.1) is 0 Å². The third-order valence-corrected chi connectivity index (χ3v) is 4.85. The number of hydrogen-bond acceptors (Lipinski definition) is 3. The van der Waals surface area contributed by atoms with Crippen LogP contribution in [0.1, 0.15) is 25.8 Å². The van der Waals surface area contributed by atoms with Crippen molar-refractivity contribution < 1.29 is 0 Å². The number of halogens is 1. The highest BCUT2D eigenvalue weighted by Crippen LogP contribution is 2.30. The van der Waals surface area contributed by atoms with E-state index in [1.54, 1.807) is 0 Å². The van der Waals surface area contributed by atoms with Crippen molar-refractivity contribution in [2.75, 3.05) is 38.6 Å². The molecule has 2 atom stereocenters. The third kappa shape index (κ3) is 4.21. The van der Waals surface area contributed by atoms with Gasteiger partial charge in [-0.3, -0.25) is 0 Å². The van der Waals surface area contributed by atoms with Crippen LogP contribution in [0.3, 0.4) is 0 Å². The summed E-state index contributed by atoms with van der Waals surface area (Å²) >= 11 is 3.61. The van der Waals surface area contributed by atoms with Crippen LogP contribution < -0.4 is 10.2 Å². The number of benzene rings is 1. The maximum atomic E-state index is 3.61. The van der Waals surface area contributed by atoms with Crippen LogP contribution in [0.15, 0.2) is 22.7 Å². The molecule has 21 heavy (non-hydrogen) atoms. The predicted octanol–water partition coefficient (Wildman–Crippen LogP) is 3.34. The topological polar surface area (TPSA) is 18.5 Å². The van der Waals surface area contributed by atoms with Gasteiger partial charge in [-0.05, 0) is 56.7 Å². The van der Waals surface area contributed by atoms with Crippen molar-refractivity contribution in [1.82, 2.24) is 10.2 Å². The zero-order valence-corrected chi connectivity index (χ0v) is 15.3. The van der Waals surface area contributed by atoms with Gasteiger partial charge in [0.1, 0.15) is 0 Å². The molecule has 3 nitrogen and oxygen atoms in total. The van der Waals surface area contributed by atoms with E-state index in [-0.39, 0.29) is 0 Å². The molecule has 1 fully saturated rings. The Kier molecular flexibility index (Phi) is 6.08. The minimum absolute atomic E-state index is 0.644. The molecule has 0 saturated carbocycles. The average Bonchev–Trinajstić information content (AvgIpc) is 2.81. The molecule has 0 bridgehead atoms.